The molecule has 0 aromatic carbocycles. The van der Waals surface area contributed by atoms with Crippen LogP contribution in [0.4, 0.5) is 14.6 Å². The van der Waals surface area contributed by atoms with Gasteiger partial charge in [0.1, 0.15) is 6.23 Å². The van der Waals surface area contributed by atoms with Gasteiger partial charge in [-0.3, -0.25) is 4.57 Å². The molecule has 94 valence electrons. The fraction of sp³-hybridized carbons (Fsp3) is 0.556. The van der Waals surface area contributed by atoms with Gasteiger partial charge in [-0.05, 0) is 0 Å². The SMILES string of the molecule is Nc1nc(=O)n([C@@H]2C[C@](F)(CO)CO2)cc1F. The molecule has 2 heterocycles. The summed E-state index contributed by atoms with van der Waals surface area (Å²) < 4.78 is 32.6. The third-order valence-electron chi connectivity index (χ3n) is 2.60. The van der Waals surface area contributed by atoms with E-state index in [2.05, 4.69) is 4.98 Å². The van der Waals surface area contributed by atoms with E-state index in [1.807, 2.05) is 0 Å². The van der Waals surface area contributed by atoms with Crippen molar-refractivity contribution in [2.75, 3.05) is 18.9 Å². The molecule has 8 heteroatoms. The van der Waals surface area contributed by atoms with E-state index >= 15 is 0 Å². The van der Waals surface area contributed by atoms with E-state index in [1.165, 1.54) is 0 Å². The van der Waals surface area contributed by atoms with Crippen LogP contribution in [0.15, 0.2) is 11.0 Å². The highest BCUT2D eigenvalue weighted by Crippen LogP contribution is 2.33. The molecule has 0 amide bonds. The van der Waals surface area contributed by atoms with Crippen LogP contribution in [-0.2, 0) is 4.74 Å². The number of rotatable bonds is 2. The Kier molecular flexibility index (Phi) is 2.84. The maximum Gasteiger partial charge on any atom is 0.351 e. The molecule has 0 spiro atoms. The van der Waals surface area contributed by atoms with Crippen LogP contribution in [-0.4, -0.2) is 33.5 Å². The minimum Gasteiger partial charge on any atom is -0.393 e. The predicted octanol–water partition coefficient (Wildman–Crippen LogP) is -0.416. The first-order chi connectivity index (χ1) is 7.95. The van der Waals surface area contributed by atoms with Crippen LogP contribution in [0.25, 0.3) is 0 Å². The van der Waals surface area contributed by atoms with Crippen LogP contribution in [0.2, 0.25) is 0 Å². The Bertz CT molecular complexity index is 493. The second kappa shape index (κ2) is 4.04. The Balaban J connectivity index is 2.31. The fourth-order valence-electron chi connectivity index (χ4n) is 1.63. The second-order valence-electron chi connectivity index (χ2n) is 3.94. The fourth-order valence-corrected chi connectivity index (χ4v) is 1.63. The van der Waals surface area contributed by atoms with Crippen LogP contribution in [0.3, 0.4) is 0 Å². The number of ether oxygens (including phenoxy) is 1. The Morgan fingerprint density at radius 1 is 1.76 bits per heavy atom. The number of hydrogen-bond acceptors (Lipinski definition) is 5. The molecule has 0 bridgehead atoms. The summed E-state index contributed by atoms with van der Waals surface area (Å²) >= 11 is 0. The number of aliphatic hydroxyl groups is 1. The lowest BCUT2D eigenvalue weighted by Crippen LogP contribution is -2.30. The Hall–Kier alpha value is -1.54. The van der Waals surface area contributed by atoms with Crippen molar-refractivity contribution in [2.24, 2.45) is 0 Å². The van der Waals surface area contributed by atoms with Gasteiger partial charge in [0, 0.05) is 6.42 Å². The average molecular weight is 247 g/mol. The van der Waals surface area contributed by atoms with Gasteiger partial charge in [-0.25, -0.2) is 13.6 Å². The van der Waals surface area contributed by atoms with E-state index in [0.29, 0.717) is 0 Å². The van der Waals surface area contributed by atoms with Gasteiger partial charge in [-0.15, -0.1) is 0 Å². The largest absolute Gasteiger partial charge is 0.393 e. The number of hydrogen-bond donors (Lipinski definition) is 2. The van der Waals surface area contributed by atoms with E-state index in [9.17, 15) is 13.6 Å². The average Bonchev–Trinajstić information content (AvgIpc) is 2.67. The monoisotopic (exact) mass is 247 g/mol. The smallest absolute Gasteiger partial charge is 0.351 e. The van der Waals surface area contributed by atoms with Crippen molar-refractivity contribution in [1.82, 2.24) is 9.55 Å². The van der Waals surface area contributed by atoms with Crippen LogP contribution >= 0.6 is 0 Å². The highest BCUT2D eigenvalue weighted by molar-refractivity contribution is 5.26. The summed E-state index contributed by atoms with van der Waals surface area (Å²) in [5.74, 6) is -1.40. The number of nitrogen functional groups attached to an aromatic ring is 1. The van der Waals surface area contributed by atoms with Crippen molar-refractivity contribution < 1.29 is 18.6 Å². The summed E-state index contributed by atoms with van der Waals surface area (Å²) in [6, 6.07) is 0. The summed E-state index contributed by atoms with van der Waals surface area (Å²) in [5.41, 5.74) is 2.38. The van der Waals surface area contributed by atoms with Crippen molar-refractivity contribution >= 4 is 5.82 Å². The molecular weight excluding hydrogens is 236 g/mol. The summed E-state index contributed by atoms with van der Waals surface area (Å²) in [5, 5.41) is 8.81. The van der Waals surface area contributed by atoms with Gasteiger partial charge in [0.15, 0.2) is 17.3 Å². The summed E-state index contributed by atoms with van der Waals surface area (Å²) in [7, 11) is 0. The van der Waals surface area contributed by atoms with Crippen LogP contribution in [0, 0.1) is 5.82 Å². The molecule has 1 aliphatic rings. The molecule has 1 fully saturated rings. The first kappa shape index (κ1) is 11.9. The molecule has 3 N–H and O–H groups in total. The van der Waals surface area contributed by atoms with Gasteiger partial charge in [0.2, 0.25) is 0 Å². The minimum atomic E-state index is -1.91. The maximum absolute atomic E-state index is 13.7. The molecule has 1 aliphatic heterocycles. The Labute approximate surface area is 94.6 Å². The molecule has 0 saturated carbocycles. The topological polar surface area (TPSA) is 90.4 Å². The molecule has 1 aromatic rings. The number of nitrogens with two attached hydrogens (primary N) is 1. The van der Waals surface area contributed by atoms with Gasteiger partial charge in [-0.1, -0.05) is 0 Å². The summed E-state index contributed by atoms with van der Waals surface area (Å²) in [4.78, 5) is 14.7. The quantitative estimate of drug-likeness (QED) is 0.741. The first-order valence-electron chi connectivity index (χ1n) is 4.91. The third-order valence-corrected chi connectivity index (χ3v) is 2.60. The Morgan fingerprint density at radius 2 is 2.47 bits per heavy atom. The standard InChI is InChI=1S/C9H11F2N3O3/c10-5-2-14(8(16)13-7(5)12)6-1-9(11,3-15)4-17-6/h2,6,15H,1,3-4H2,(H2,12,13,16)/t6-,9-/m0/s1. The molecule has 1 saturated heterocycles. The van der Waals surface area contributed by atoms with Crippen LogP contribution in [0.1, 0.15) is 12.6 Å². The van der Waals surface area contributed by atoms with Crippen molar-refractivity contribution in [3.63, 3.8) is 0 Å². The number of aliphatic hydroxyl groups excluding tert-OH is 1. The van der Waals surface area contributed by atoms with Gasteiger partial charge >= 0.3 is 5.69 Å². The van der Waals surface area contributed by atoms with Crippen molar-refractivity contribution in [3.05, 3.63) is 22.5 Å². The summed E-state index contributed by atoms with van der Waals surface area (Å²) in [6.45, 7) is -1.07. The van der Waals surface area contributed by atoms with Crippen molar-refractivity contribution in [2.45, 2.75) is 18.3 Å². The maximum atomic E-state index is 13.7. The summed E-state index contributed by atoms with van der Waals surface area (Å²) in [6.07, 6.45) is -0.408. The molecule has 2 atom stereocenters. The molecule has 0 radical (unpaired) electrons. The zero-order valence-corrected chi connectivity index (χ0v) is 8.77. The molecule has 2 rings (SSSR count). The number of halogens is 2. The molecule has 17 heavy (non-hydrogen) atoms. The minimum absolute atomic E-state index is 0.242. The number of anilines is 1. The lowest BCUT2D eigenvalue weighted by atomic mass is 10.1. The normalized spacial score (nSPS) is 28.5. The van der Waals surface area contributed by atoms with E-state index in [1.54, 1.807) is 0 Å². The van der Waals surface area contributed by atoms with Crippen LogP contribution in [0.5, 0.6) is 0 Å². The van der Waals surface area contributed by atoms with Crippen LogP contribution < -0.4 is 11.4 Å². The molecule has 1 aromatic heterocycles. The predicted molar refractivity (Wildman–Crippen MR) is 53.4 cm³/mol. The number of aromatic nitrogens is 2. The molecular formula is C9H11F2N3O3. The van der Waals surface area contributed by atoms with Crippen molar-refractivity contribution in [1.29, 1.82) is 0 Å². The zero-order valence-electron chi connectivity index (χ0n) is 8.77. The van der Waals surface area contributed by atoms with E-state index < -0.39 is 35.8 Å². The lowest BCUT2D eigenvalue weighted by Gasteiger charge is -2.14. The highest BCUT2D eigenvalue weighted by atomic mass is 19.1. The molecule has 6 nitrogen and oxygen atoms in total. The second-order valence-corrected chi connectivity index (χ2v) is 3.94. The van der Waals surface area contributed by atoms with Crippen molar-refractivity contribution in [3.8, 4) is 0 Å². The highest BCUT2D eigenvalue weighted by Gasteiger charge is 2.41. The number of nitrogens with zero attached hydrogens (tertiary/aromatic N) is 2. The van der Waals surface area contributed by atoms with E-state index in [-0.39, 0.29) is 13.0 Å². The van der Waals surface area contributed by atoms with Gasteiger partial charge < -0.3 is 15.6 Å². The Morgan fingerprint density at radius 3 is 3.06 bits per heavy atom. The number of alkyl halides is 1. The molecule has 0 unspecified atom stereocenters. The third kappa shape index (κ3) is 2.13. The lowest BCUT2D eigenvalue weighted by molar-refractivity contribution is 0.0270. The van der Waals surface area contributed by atoms with Gasteiger partial charge in [0.25, 0.3) is 0 Å². The first-order valence-corrected chi connectivity index (χ1v) is 4.91. The van der Waals surface area contributed by atoms with E-state index in [0.717, 1.165) is 10.8 Å². The zero-order chi connectivity index (χ0) is 12.6. The van der Waals surface area contributed by atoms with E-state index in [4.69, 9.17) is 15.6 Å². The molecule has 0 aliphatic carbocycles. The van der Waals surface area contributed by atoms with Gasteiger partial charge in [0.05, 0.1) is 19.4 Å². The van der Waals surface area contributed by atoms with Gasteiger partial charge in [-0.2, -0.15) is 4.98 Å².